The Labute approximate surface area is 238 Å². The van der Waals surface area contributed by atoms with Crippen LogP contribution in [0.25, 0.3) is 0 Å². The van der Waals surface area contributed by atoms with Crippen molar-refractivity contribution < 1.29 is 39.6 Å². The molecule has 0 aromatic heterocycles. The summed E-state index contributed by atoms with van der Waals surface area (Å²) in [6.07, 6.45) is 0. The van der Waals surface area contributed by atoms with Crippen LogP contribution in [-0.4, -0.2) is 140 Å². The van der Waals surface area contributed by atoms with Gasteiger partial charge in [-0.1, -0.05) is 55.4 Å². The molecule has 0 spiro atoms. The van der Waals surface area contributed by atoms with E-state index in [4.69, 9.17) is 0 Å². The summed E-state index contributed by atoms with van der Waals surface area (Å²) in [6.45, 7) is 15.8. The lowest BCUT2D eigenvalue weighted by Gasteiger charge is -2.48. The minimum atomic E-state index is -1.01. The second-order valence-electron chi connectivity index (χ2n) is 12.5. The van der Waals surface area contributed by atoms with Gasteiger partial charge in [0.1, 0.15) is 0 Å². The van der Waals surface area contributed by atoms with Gasteiger partial charge < -0.3 is 20.4 Å². The first-order chi connectivity index (χ1) is 18.4. The Bertz CT molecular complexity index is 714. The van der Waals surface area contributed by atoms with Crippen molar-refractivity contribution in [3.8, 4) is 0 Å². The molecule has 1 saturated heterocycles. The smallest absolute Gasteiger partial charge is 0.317 e. The van der Waals surface area contributed by atoms with E-state index in [0.29, 0.717) is 0 Å². The molecule has 1 fully saturated rings. The highest BCUT2D eigenvalue weighted by atomic mass is 16.4. The molecule has 1 aliphatic heterocycles. The molecule has 12 nitrogen and oxygen atoms in total. The highest BCUT2D eigenvalue weighted by molar-refractivity contribution is 5.70. The van der Waals surface area contributed by atoms with Crippen molar-refractivity contribution in [2.45, 2.75) is 79.6 Å². The fourth-order valence-electron chi connectivity index (χ4n) is 5.92. The summed E-state index contributed by atoms with van der Waals surface area (Å²) in [6, 6.07) is -1.34. The van der Waals surface area contributed by atoms with Crippen molar-refractivity contribution in [1.29, 1.82) is 0 Å². The third kappa shape index (κ3) is 11.3. The number of hydrogen-bond acceptors (Lipinski definition) is 8. The Morgan fingerprint density at radius 3 is 0.700 bits per heavy atom. The van der Waals surface area contributed by atoms with Crippen LogP contribution in [0.1, 0.15) is 55.4 Å². The number of nitrogens with zero attached hydrogens (tertiary/aromatic N) is 4. The maximum absolute atomic E-state index is 12.0. The van der Waals surface area contributed by atoms with Crippen molar-refractivity contribution in [3.05, 3.63) is 0 Å². The Kier molecular flexibility index (Phi) is 14.5. The first-order valence-corrected chi connectivity index (χ1v) is 14.3. The first-order valence-electron chi connectivity index (χ1n) is 14.3. The van der Waals surface area contributed by atoms with Gasteiger partial charge in [-0.15, -0.1) is 0 Å². The lowest BCUT2D eigenvalue weighted by atomic mass is 9.92. The average Bonchev–Trinajstić information content (AvgIpc) is 2.77. The highest BCUT2D eigenvalue weighted by Gasteiger charge is 2.39. The highest BCUT2D eigenvalue weighted by Crippen LogP contribution is 2.25. The fourth-order valence-corrected chi connectivity index (χ4v) is 5.92. The Morgan fingerprint density at radius 1 is 0.450 bits per heavy atom. The zero-order valence-electron chi connectivity index (χ0n) is 25.5. The summed E-state index contributed by atoms with van der Waals surface area (Å²) in [4.78, 5) is 55.6. The predicted molar refractivity (Wildman–Crippen MR) is 151 cm³/mol. The van der Waals surface area contributed by atoms with Crippen molar-refractivity contribution >= 4 is 23.9 Å². The molecule has 1 aliphatic rings. The van der Waals surface area contributed by atoms with E-state index in [0.717, 1.165) is 0 Å². The second-order valence-corrected chi connectivity index (χ2v) is 12.5. The molecule has 232 valence electrons. The molecule has 0 aliphatic carbocycles. The van der Waals surface area contributed by atoms with Crippen LogP contribution in [0.2, 0.25) is 0 Å². The molecule has 0 bridgehead atoms. The van der Waals surface area contributed by atoms with Crippen LogP contribution in [0.5, 0.6) is 0 Å². The number of rotatable bonds is 12. The van der Waals surface area contributed by atoms with Crippen LogP contribution in [0.4, 0.5) is 0 Å². The summed E-state index contributed by atoms with van der Waals surface area (Å²) in [5.74, 6) is -4.19. The van der Waals surface area contributed by atoms with Gasteiger partial charge in [-0.25, -0.2) is 0 Å². The molecular formula is C28H52N4O8. The van der Waals surface area contributed by atoms with E-state index >= 15 is 0 Å². The van der Waals surface area contributed by atoms with Gasteiger partial charge in [-0.3, -0.25) is 38.8 Å². The number of carboxylic acids is 4. The van der Waals surface area contributed by atoms with Crippen molar-refractivity contribution in [3.63, 3.8) is 0 Å². The van der Waals surface area contributed by atoms with Crippen LogP contribution in [-0.2, 0) is 19.2 Å². The maximum atomic E-state index is 12.0. The lowest BCUT2D eigenvalue weighted by Crippen LogP contribution is -2.62. The Balaban J connectivity index is 3.92. The van der Waals surface area contributed by atoms with Crippen LogP contribution in [0.3, 0.4) is 0 Å². The van der Waals surface area contributed by atoms with E-state index in [-0.39, 0.29) is 100 Å². The molecule has 0 radical (unpaired) electrons. The standard InChI is InChI=1S/C28H52N4O8/c1-17(2)21-9-30(14-26(35)36)23(19(5)6)11-32(16-28(39)40)24(20(7)8)12-31(15-27(37)38)22(18(3)4)10-29(21)13-25(33)34/h17-24H,9-16H2,1-8H3,(H,33,34)(H,35,36)(H,37,38)(H,39,40)/t21-,22-,23-,24-/m1/s1. The third-order valence-electron chi connectivity index (χ3n) is 7.99. The van der Waals surface area contributed by atoms with E-state index in [1.165, 1.54) is 0 Å². The molecule has 4 atom stereocenters. The van der Waals surface area contributed by atoms with Gasteiger partial charge in [0.25, 0.3) is 0 Å². The zero-order valence-corrected chi connectivity index (χ0v) is 25.5. The molecule has 1 rings (SSSR count). The molecule has 0 amide bonds. The first kappa shape index (κ1) is 35.7. The molecule has 0 aromatic carbocycles. The summed E-state index contributed by atoms with van der Waals surface area (Å²) < 4.78 is 0. The minimum Gasteiger partial charge on any atom is -0.480 e. The molecule has 0 aromatic rings. The fraction of sp³-hybridized carbons (Fsp3) is 0.857. The van der Waals surface area contributed by atoms with Crippen molar-refractivity contribution in [2.75, 3.05) is 52.4 Å². The van der Waals surface area contributed by atoms with Gasteiger partial charge >= 0.3 is 23.9 Å². The zero-order chi connectivity index (χ0) is 30.9. The van der Waals surface area contributed by atoms with Gasteiger partial charge in [0.2, 0.25) is 0 Å². The van der Waals surface area contributed by atoms with Crippen molar-refractivity contribution in [2.24, 2.45) is 23.7 Å². The average molecular weight is 573 g/mol. The third-order valence-corrected chi connectivity index (χ3v) is 7.99. The van der Waals surface area contributed by atoms with Gasteiger partial charge in [0.05, 0.1) is 26.2 Å². The lowest BCUT2D eigenvalue weighted by molar-refractivity contribution is -0.145. The van der Waals surface area contributed by atoms with Gasteiger partial charge in [0.15, 0.2) is 0 Å². The summed E-state index contributed by atoms with van der Waals surface area (Å²) >= 11 is 0. The number of aliphatic carboxylic acids is 4. The van der Waals surface area contributed by atoms with E-state index in [1.54, 1.807) is 0 Å². The maximum Gasteiger partial charge on any atom is 0.317 e. The monoisotopic (exact) mass is 572 g/mol. The second kappa shape index (κ2) is 16.2. The Morgan fingerprint density at radius 2 is 0.600 bits per heavy atom. The normalized spacial score (nSPS) is 25.3. The van der Waals surface area contributed by atoms with Crippen LogP contribution >= 0.6 is 0 Å². The quantitative estimate of drug-likeness (QED) is 0.268. The molecule has 0 unspecified atom stereocenters. The van der Waals surface area contributed by atoms with E-state index in [9.17, 15) is 39.6 Å². The van der Waals surface area contributed by atoms with Crippen LogP contribution in [0, 0.1) is 23.7 Å². The summed E-state index contributed by atoms with van der Waals surface area (Å²) in [7, 11) is 0. The summed E-state index contributed by atoms with van der Waals surface area (Å²) in [5, 5.41) is 39.4. The van der Waals surface area contributed by atoms with Gasteiger partial charge in [-0.05, 0) is 23.7 Å². The molecular weight excluding hydrogens is 520 g/mol. The molecule has 1 heterocycles. The predicted octanol–water partition coefficient (Wildman–Crippen LogP) is 1.64. The summed E-state index contributed by atoms with van der Waals surface area (Å²) in [5.41, 5.74) is 0. The molecule has 4 N–H and O–H groups in total. The van der Waals surface area contributed by atoms with E-state index in [1.807, 2.05) is 75.0 Å². The molecule has 0 saturated carbocycles. The van der Waals surface area contributed by atoms with E-state index < -0.39 is 23.9 Å². The number of hydrogen-bond donors (Lipinski definition) is 4. The van der Waals surface area contributed by atoms with Gasteiger partial charge in [0, 0.05) is 50.3 Å². The topological polar surface area (TPSA) is 162 Å². The largest absolute Gasteiger partial charge is 0.480 e. The van der Waals surface area contributed by atoms with Gasteiger partial charge in [-0.2, -0.15) is 0 Å². The Hall–Kier alpha value is -2.28. The number of carboxylic acid groups (broad SMARTS) is 4. The SMILES string of the molecule is CC(C)[C@H]1CN(CC(=O)O)[C@@H](C(C)C)CN(CC(=O)O)[C@@H](C(C)C)CN(CC(=O)O)[C@@H](C(C)C)CN1CC(=O)O. The molecule has 40 heavy (non-hydrogen) atoms. The van der Waals surface area contributed by atoms with Crippen LogP contribution in [0.15, 0.2) is 0 Å². The number of carbonyl (C=O) groups is 4. The minimum absolute atomic E-state index is 0.0364. The molecule has 12 heteroatoms. The van der Waals surface area contributed by atoms with E-state index in [2.05, 4.69) is 0 Å². The van der Waals surface area contributed by atoms with Crippen LogP contribution < -0.4 is 0 Å². The van der Waals surface area contributed by atoms with Crippen molar-refractivity contribution in [1.82, 2.24) is 19.6 Å².